The predicted molar refractivity (Wildman–Crippen MR) is 101 cm³/mol. The van der Waals surface area contributed by atoms with E-state index in [2.05, 4.69) is 27.7 Å². The molecule has 3 rings (SSSR count). The summed E-state index contributed by atoms with van der Waals surface area (Å²) in [5.74, 6) is 6.38. The molecule has 3 saturated carbocycles. The van der Waals surface area contributed by atoms with E-state index in [1.165, 1.54) is 38.5 Å². The molecule has 0 saturated heterocycles. The van der Waals surface area contributed by atoms with Crippen molar-refractivity contribution in [2.24, 2.45) is 40.9 Å². The lowest BCUT2D eigenvalue weighted by Crippen LogP contribution is -2.31. The Hall–Kier alpha value is 0. The summed E-state index contributed by atoms with van der Waals surface area (Å²) in [5, 5.41) is 0. The maximum absolute atomic E-state index is 2.46. The summed E-state index contributed by atoms with van der Waals surface area (Å²) < 4.78 is 0. The molecule has 0 heterocycles. The molecule has 0 N–H and O–H groups in total. The van der Waals surface area contributed by atoms with E-state index in [4.69, 9.17) is 0 Å². The van der Waals surface area contributed by atoms with Crippen LogP contribution in [0.2, 0.25) is 0 Å². The quantitative estimate of drug-likeness (QED) is 0.495. The first-order chi connectivity index (χ1) is 10.9. The number of rotatable bonds is 2. The van der Waals surface area contributed by atoms with Crippen LogP contribution in [0.5, 0.6) is 0 Å². The van der Waals surface area contributed by atoms with Crippen molar-refractivity contribution in [3.05, 3.63) is 0 Å². The Morgan fingerprint density at radius 1 is 0.478 bits per heavy atom. The minimum absolute atomic E-state index is 0.542. The molecule has 0 atom stereocenters. The Labute approximate surface area is 146 Å². The van der Waals surface area contributed by atoms with Crippen molar-refractivity contribution in [3.8, 4) is 0 Å². The second-order valence-corrected chi connectivity index (χ2v) is 10.7. The fourth-order valence-corrected chi connectivity index (χ4v) is 6.30. The van der Waals surface area contributed by atoms with Gasteiger partial charge in [-0.15, -0.1) is 0 Å². The molecule has 0 aromatic heterocycles. The molecule has 0 radical (unpaired) electrons. The monoisotopic (exact) mass is 318 g/mol. The average Bonchev–Trinajstić information content (AvgIpc) is 2.55. The van der Waals surface area contributed by atoms with Crippen LogP contribution in [-0.2, 0) is 0 Å². The third-order valence-electron chi connectivity index (χ3n) is 8.21. The van der Waals surface area contributed by atoms with Gasteiger partial charge in [0.1, 0.15) is 0 Å². The summed E-state index contributed by atoms with van der Waals surface area (Å²) in [6.45, 7) is 9.82. The van der Waals surface area contributed by atoms with E-state index in [0.717, 1.165) is 35.5 Å². The van der Waals surface area contributed by atoms with Crippen LogP contribution in [0.3, 0.4) is 0 Å². The molecule has 134 valence electrons. The Morgan fingerprint density at radius 2 is 0.783 bits per heavy atom. The van der Waals surface area contributed by atoms with Gasteiger partial charge in [-0.1, -0.05) is 40.5 Å². The third-order valence-corrected chi connectivity index (χ3v) is 8.21. The van der Waals surface area contributed by atoms with Gasteiger partial charge in [-0.3, -0.25) is 0 Å². The lowest BCUT2D eigenvalue weighted by atomic mass is 9.63. The molecule has 0 unspecified atom stereocenters. The normalized spacial score (nSPS) is 43.3. The van der Waals surface area contributed by atoms with Crippen LogP contribution in [0, 0.1) is 40.9 Å². The molecule has 0 aliphatic heterocycles. The van der Waals surface area contributed by atoms with E-state index < -0.39 is 0 Å². The van der Waals surface area contributed by atoms with Crippen molar-refractivity contribution in [1.82, 2.24) is 0 Å². The first-order valence-electron chi connectivity index (χ1n) is 10.9. The molecule has 0 amide bonds. The fourth-order valence-electron chi connectivity index (χ4n) is 6.30. The second kappa shape index (κ2) is 7.49. The van der Waals surface area contributed by atoms with Gasteiger partial charge in [0.05, 0.1) is 0 Å². The molecular weight excluding hydrogens is 276 g/mol. The zero-order valence-electron chi connectivity index (χ0n) is 16.4. The Morgan fingerprint density at radius 3 is 1.13 bits per heavy atom. The first kappa shape index (κ1) is 17.8. The smallest absolute Gasteiger partial charge is 0.0354 e. The van der Waals surface area contributed by atoms with Gasteiger partial charge in [-0.2, -0.15) is 0 Å². The Kier molecular flexibility index (Phi) is 5.80. The average molecular weight is 319 g/mol. The van der Waals surface area contributed by atoms with E-state index in [-0.39, 0.29) is 0 Å². The SMILES string of the molecule is CC1CCC(C2CCC(C3CCC(C(C)(C)C)CC3)CC2)CC1. The minimum Gasteiger partial charge on any atom is -0.0625 e. The van der Waals surface area contributed by atoms with Gasteiger partial charge < -0.3 is 0 Å². The highest BCUT2D eigenvalue weighted by molar-refractivity contribution is 4.87. The highest BCUT2D eigenvalue weighted by atomic mass is 14.4. The van der Waals surface area contributed by atoms with Gasteiger partial charge in [0, 0.05) is 0 Å². The van der Waals surface area contributed by atoms with E-state index in [1.54, 1.807) is 38.5 Å². The summed E-state index contributed by atoms with van der Waals surface area (Å²) in [6, 6.07) is 0. The van der Waals surface area contributed by atoms with Gasteiger partial charge in [-0.05, 0) is 105 Å². The van der Waals surface area contributed by atoms with Gasteiger partial charge in [-0.25, -0.2) is 0 Å². The number of hydrogen-bond acceptors (Lipinski definition) is 0. The van der Waals surface area contributed by atoms with Crippen molar-refractivity contribution in [2.45, 2.75) is 105 Å². The van der Waals surface area contributed by atoms with Gasteiger partial charge in [0.15, 0.2) is 0 Å². The Bertz CT molecular complexity index is 339. The van der Waals surface area contributed by atoms with Crippen LogP contribution in [0.15, 0.2) is 0 Å². The molecule has 0 aromatic rings. The molecule has 0 nitrogen and oxygen atoms in total. The Balaban J connectivity index is 1.41. The molecule has 23 heavy (non-hydrogen) atoms. The van der Waals surface area contributed by atoms with E-state index >= 15 is 0 Å². The van der Waals surface area contributed by atoms with Crippen molar-refractivity contribution in [3.63, 3.8) is 0 Å². The lowest BCUT2D eigenvalue weighted by Gasteiger charge is -2.43. The third kappa shape index (κ3) is 4.55. The largest absolute Gasteiger partial charge is 0.0625 e. The van der Waals surface area contributed by atoms with Crippen LogP contribution < -0.4 is 0 Å². The zero-order chi connectivity index (χ0) is 16.4. The molecule has 0 heteroatoms. The predicted octanol–water partition coefficient (Wildman–Crippen LogP) is 7.47. The molecule has 3 fully saturated rings. The minimum atomic E-state index is 0.542. The summed E-state index contributed by atoms with van der Waals surface area (Å²) >= 11 is 0. The highest BCUT2D eigenvalue weighted by Gasteiger charge is 2.36. The highest BCUT2D eigenvalue weighted by Crippen LogP contribution is 2.47. The molecule has 0 spiro atoms. The summed E-state index contributed by atoms with van der Waals surface area (Å²) in [5.41, 5.74) is 0.542. The number of hydrogen-bond donors (Lipinski definition) is 0. The molecule has 3 aliphatic carbocycles. The van der Waals surface area contributed by atoms with E-state index in [1.807, 2.05) is 0 Å². The van der Waals surface area contributed by atoms with Gasteiger partial charge >= 0.3 is 0 Å². The second-order valence-electron chi connectivity index (χ2n) is 10.7. The molecule has 0 bridgehead atoms. The van der Waals surface area contributed by atoms with Crippen molar-refractivity contribution < 1.29 is 0 Å². The summed E-state index contributed by atoms with van der Waals surface area (Å²) in [6.07, 6.45) is 18.5. The summed E-state index contributed by atoms with van der Waals surface area (Å²) in [7, 11) is 0. The maximum Gasteiger partial charge on any atom is -0.0354 e. The fraction of sp³-hybridized carbons (Fsp3) is 1.00. The van der Waals surface area contributed by atoms with Crippen molar-refractivity contribution >= 4 is 0 Å². The van der Waals surface area contributed by atoms with Crippen LogP contribution in [-0.4, -0.2) is 0 Å². The molecular formula is C23H42. The van der Waals surface area contributed by atoms with E-state index in [0.29, 0.717) is 5.41 Å². The molecule has 0 aromatic carbocycles. The van der Waals surface area contributed by atoms with Crippen LogP contribution in [0.1, 0.15) is 105 Å². The summed E-state index contributed by atoms with van der Waals surface area (Å²) in [4.78, 5) is 0. The lowest BCUT2D eigenvalue weighted by molar-refractivity contribution is 0.0837. The first-order valence-corrected chi connectivity index (χ1v) is 10.9. The topological polar surface area (TPSA) is 0 Å². The van der Waals surface area contributed by atoms with E-state index in [9.17, 15) is 0 Å². The van der Waals surface area contributed by atoms with Crippen LogP contribution in [0.4, 0.5) is 0 Å². The standard InChI is InChI=1S/C23H42/c1-17-5-7-18(8-6-17)19-9-11-20(12-10-19)21-13-15-22(16-14-21)23(2,3)4/h17-22H,5-16H2,1-4H3. The molecule has 3 aliphatic rings. The van der Waals surface area contributed by atoms with Gasteiger partial charge in [0.25, 0.3) is 0 Å². The van der Waals surface area contributed by atoms with Crippen molar-refractivity contribution in [2.75, 3.05) is 0 Å². The van der Waals surface area contributed by atoms with Crippen LogP contribution >= 0.6 is 0 Å². The van der Waals surface area contributed by atoms with Crippen molar-refractivity contribution in [1.29, 1.82) is 0 Å². The van der Waals surface area contributed by atoms with Gasteiger partial charge in [0.2, 0.25) is 0 Å². The van der Waals surface area contributed by atoms with Crippen LogP contribution in [0.25, 0.3) is 0 Å². The maximum atomic E-state index is 2.46. The zero-order valence-corrected chi connectivity index (χ0v) is 16.4.